The Balaban J connectivity index is 2.00. The van der Waals surface area contributed by atoms with Crippen LogP contribution in [0.5, 0.6) is 0 Å². The molecule has 0 unspecified atom stereocenters. The number of hydrogen-bond donors (Lipinski definition) is 0. The quantitative estimate of drug-likeness (QED) is 0.786. The molecule has 0 bridgehead atoms. The summed E-state index contributed by atoms with van der Waals surface area (Å²) in [6.45, 7) is 2.03. The topological polar surface area (TPSA) is 26.3 Å². The van der Waals surface area contributed by atoms with E-state index in [0.29, 0.717) is 12.2 Å². The lowest BCUT2D eigenvalue weighted by molar-refractivity contribution is -0.145. The number of hydrogen-bond acceptors (Lipinski definition) is 2. The number of benzene rings is 2. The van der Waals surface area contributed by atoms with E-state index in [2.05, 4.69) is 0 Å². The van der Waals surface area contributed by atoms with Crippen molar-refractivity contribution in [1.29, 1.82) is 0 Å². The fourth-order valence-corrected chi connectivity index (χ4v) is 2.64. The molecule has 0 radical (unpaired) electrons. The lowest BCUT2D eigenvalue weighted by Gasteiger charge is -2.11. The largest absolute Gasteiger partial charge is 0.466 e. The van der Waals surface area contributed by atoms with Crippen molar-refractivity contribution in [2.45, 2.75) is 19.0 Å². The number of halogens is 1. The van der Waals surface area contributed by atoms with Gasteiger partial charge in [0.05, 0.1) is 12.5 Å². The summed E-state index contributed by atoms with van der Waals surface area (Å²) < 4.78 is 19.8. The first-order chi connectivity index (χ1) is 9.16. The summed E-state index contributed by atoms with van der Waals surface area (Å²) in [6, 6.07) is 13.2. The van der Waals surface area contributed by atoms with Crippen LogP contribution in [0, 0.1) is 5.92 Å². The Kier molecular flexibility index (Phi) is 2.77. The summed E-state index contributed by atoms with van der Waals surface area (Å²) in [6.07, 6.45) is 0.222. The van der Waals surface area contributed by atoms with Crippen LogP contribution in [0.3, 0.4) is 0 Å². The van der Waals surface area contributed by atoms with Crippen molar-refractivity contribution in [2.24, 2.45) is 5.92 Å². The fraction of sp³-hybridized carbons (Fsp3) is 0.312. The molecule has 2 aromatic rings. The molecule has 0 heterocycles. The van der Waals surface area contributed by atoms with E-state index >= 15 is 0 Å². The van der Waals surface area contributed by atoms with Gasteiger partial charge in [-0.15, -0.1) is 0 Å². The first-order valence-corrected chi connectivity index (χ1v) is 6.50. The number of alkyl halides is 1. The zero-order valence-corrected chi connectivity index (χ0v) is 10.7. The number of esters is 1. The third-order valence-electron chi connectivity index (χ3n) is 3.70. The maximum absolute atomic E-state index is 14.9. The molecule has 3 heteroatoms. The molecule has 0 aromatic heterocycles. The molecule has 2 atom stereocenters. The van der Waals surface area contributed by atoms with Crippen molar-refractivity contribution >= 4 is 16.7 Å². The smallest absolute Gasteiger partial charge is 0.312 e. The van der Waals surface area contributed by atoms with Crippen LogP contribution in [0.1, 0.15) is 18.9 Å². The van der Waals surface area contributed by atoms with Gasteiger partial charge in [-0.25, -0.2) is 4.39 Å². The number of ether oxygens (including phenoxy) is 1. The Labute approximate surface area is 111 Å². The second-order valence-electron chi connectivity index (χ2n) is 4.90. The van der Waals surface area contributed by atoms with Gasteiger partial charge in [0.1, 0.15) is 0 Å². The Morgan fingerprint density at radius 2 is 2.05 bits per heavy atom. The minimum absolute atomic E-state index is 0.222. The molecule has 0 aliphatic heterocycles. The predicted molar refractivity (Wildman–Crippen MR) is 71.5 cm³/mol. The summed E-state index contributed by atoms with van der Waals surface area (Å²) in [4.78, 5) is 11.7. The zero-order chi connectivity index (χ0) is 13.5. The first kappa shape index (κ1) is 12.2. The van der Waals surface area contributed by atoms with Gasteiger partial charge in [0.15, 0.2) is 5.67 Å². The molecule has 19 heavy (non-hydrogen) atoms. The number of carbonyl (C=O) groups excluding carboxylic acids is 1. The monoisotopic (exact) mass is 258 g/mol. The summed E-state index contributed by atoms with van der Waals surface area (Å²) in [5.74, 6) is -1.09. The second kappa shape index (κ2) is 4.34. The molecule has 1 aliphatic rings. The van der Waals surface area contributed by atoms with Crippen LogP contribution < -0.4 is 0 Å². The average molecular weight is 258 g/mol. The van der Waals surface area contributed by atoms with E-state index < -0.39 is 17.6 Å². The SMILES string of the molecule is CCOC(=O)[C@@H]1C[C@]1(F)c1cccc2ccccc12. The van der Waals surface area contributed by atoms with Crippen LogP contribution >= 0.6 is 0 Å². The van der Waals surface area contributed by atoms with Crippen LogP contribution in [0.25, 0.3) is 10.8 Å². The molecular weight excluding hydrogens is 243 g/mol. The fourth-order valence-electron chi connectivity index (χ4n) is 2.64. The van der Waals surface area contributed by atoms with Gasteiger partial charge in [0.25, 0.3) is 0 Å². The molecule has 0 N–H and O–H groups in total. The lowest BCUT2D eigenvalue weighted by Crippen LogP contribution is -2.13. The maximum atomic E-state index is 14.9. The summed E-state index contributed by atoms with van der Waals surface area (Å²) in [7, 11) is 0. The lowest BCUT2D eigenvalue weighted by atomic mass is 9.98. The van der Waals surface area contributed by atoms with Gasteiger partial charge in [-0.05, 0) is 23.3 Å². The van der Waals surface area contributed by atoms with Crippen molar-refractivity contribution in [2.75, 3.05) is 6.61 Å². The Morgan fingerprint density at radius 3 is 2.84 bits per heavy atom. The summed E-state index contributed by atoms with van der Waals surface area (Å²) in [5, 5.41) is 1.87. The van der Waals surface area contributed by atoms with E-state index in [1.54, 1.807) is 13.0 Å². The van der Waals surface area contributed by atoms with Crippen LogP contribution in [0.4, 0.5) is 4.39 Å². The van der Waals surface area contributed by atoms with Gasteiger partial charge < -0.3 is 4.74 Å². The Morgan fingerprint density at radius 1 is 1.32 bits per heavy atom. The van der Waals surface area contributed by atoms with Gasteiger partial charge in [0.2, 0.25) is 0 Å². The molecule has 98 valence electrons. The van der Waals surface area contributed by atoms with E-state index in [1.165, 1.54) is 0 Å². The molecule has 1 fully saturated rings. The molecule has 0 amide bonds. The molecule has 1 saturated carbocycles. The summed E-state index contributed by atoms with van der Waals surface area (Å²) in [5.41, 5.74) is -0.962. The third-order valence-corrected chi connectivity index (χ3v) is 3.70. The third kappa shape index (κ3) is 1.89. The van der Waals surface area contributed by atoms with Crippen molar-refractivity contribution in [3.05, 3.63) is 48.0 Å². The van der Waals surface area contributed by atoms with Crippen LogP contribution in [0.15, 0.2) is 42.5 Å². The molecule has 2 nitrogen and oxygen atoms in total. The Hall–Kier alpha value is -1.90. The van der Waals surface area contributed by atoms with Crippen molar-refractivity contribution in [3.63, 3.8) is 0 Å². The van der Waals surface area contributed by atoms with Crippen molar-refractivity contribution < 1.29 is 13.9 Å². The normalized spacial score (nSPS) is 25.3. The molecular formula is C16H15FO2. The Bertz CT molecular complexity index is 632. The van der Waals surface area contributed by atoms with E-state index in [4.69, 9.17) is 4.74 Å². The highest BCUT2D eigenvalue weighted by molar-refractivity contribution is 5.89. The highest BCUT2D eigenvalue weighted by Gasteiger charge is 2.62. The summed E-state index contributed by atoms with van der Waals surface area (Å²) >= 11 is 0. The molecule has 3 rings (SSSR count). The number of fused-ring (bicyclic) bond motifs is 1. The van der Waals surface area contributed by atoms with Crippen LogP contribution in [0.2, 0.25) is 0 Å². The van der Waals surface area contributed by atoms with Crippen LogP contribution in [-0.2, 0) is 15.2 Å². The molecule has 2 aromatic carbocycles. The van der Waals surface area contributed by atoms with Crippen molar-refractivity contribution in [1.82, 2.24) is 0 Å². The first-order valence-electron chi connectivity index (χ1n) is 6.50. The van der Waals surface area contributed by atoms with E-state index in [1.807, 2.05) is 36.4 Å². The van der Waals surface area contributed by atoms with Gasteiger partial charge >= 0.3 is 5.97 Å². The van der Waals surface area contributed by atoms with Gasteiger partial charge in [-0.1, -0.05) is 42.5 Å². The minimum Gasteiger partial charge on any atom is -0.466 e. The van der Waals surface area contributed by atoms with Crippen LogP contribution in [-0.4, -0.2) is 12.6 Å². The molecule has 0 spiro atoms. The molecule has 1 aliphatic carbocycles. The highest BCUT2D eigenvalue weighted by Crippen LogP contribution is 2.57. The van der Waals surface area contributed by atoms with E-state index in [-0.39, 0.29) is 6.42 Å². The number of carbonyl (C=O) groups is 1. The maximum Gasteiger partial charge on any atom is 0.312 e. The van der Waals surface area contributed by atoms with E-state index in [9.17, 15) is 9.18 Å². The van der Waals surface area contributed by atoms with Crippen molar-refractivity contribution in [3.8, 4) is 0 Å². The van der Waals surface area contributed by atoms with Gasteiger partial charge in [-0.3, -0.25) is 4.79 Å². The van der Waals surface area contributed by atoms with E-state index in [0.717, 1.165) is 10.8 Å². The predicted octanol–water partition coefficient (Wildman–Crippen LogP) is 3.59. The highest BCUT2D eigenvalue weighted by atomic mass is 19.1. The standard InChI is InChI=1S/C16H15FO2/c1-2-19-15(18)14-10-16(14,17)13-9-5-7-11-6-3-4-8-12(11)13/h3-9,14H,2,10H2,1H3/t14-,16-/m0/s1. The van der Waals surface area contributed by atoms with Gasteiger partial charge in [-0.2, -0.15) is 0 Å². The molecule has 0 saturated heterocycles. The zero-order valence-electron chi connectivity index (χ0n) is 10.7. The minimum atomic E-state index is -1.56. The van der Waals surface area contributed by atoms with Gasteiger partial charge in [0, 0.05) is 6.42 Å². The second-order valence-corrected chi connectivity index (χ2v) is 4.90. The average Bonchev–Trinajstić information content (AvgIpc) is 3.12. The number of rotatable bonds is 3.